The standard InChI is InChI=1S/C16H23ClN2O/c1-3-18-12-9-13-5-6-14(10-12)19(13)15-8-11(17)4-7-16(15)20-2/h4,7-8,12-14,18H,3,5-6,9-10H2,1-2H3. The Labute approximate surface area is 126 Å². The maximum Gasteiger partial charge on any atom is 0.142 e. The number of methoxy groups -OCH3 is 1. The average Bonchev–Trinajstić information content (AvgIpc) is 2.70. The lowest BCUT2D eigenvalue weighted by Gasteiger charge is -2.41. The molecule has 20 heavy (non-hydrogen) atoms. The fourth-order valence-corrected chi connectivity index (χ4v) is 4.06. The smallest absolute Gasteiger partial charge is 0.142 e. The van der Waals surface area contributed by atoms with Crippen LogP contribution < -0.4 is 15.0 Å². The third-order valence-electron chi connectivity index (χ3n) is 4.64. The van der Waals surface area contributed by atoms with E-state index in [9.17, 15) is 0 Å². The molecule has 3 rings (SSSR count). The normalized spacial score (nSPS) is 28.8. The third-order valence-corrected chi connectivity index (χ3v) is 4.88. The van der Waals surface area contributed by atoms with Crippen LogP contribution in [-0.4, -0.2) is 31.8 Å². The Bertz CT molecular complexity index is 466. The molecule has 0 spiro atoms. The first-order valence-corrected chi connectivity index (χ1v) is 7.96. The molecule has 0 aliphatic carbocycles. The molecular weight excluding hydrogens is 272 g/mol. The van der Waals surface area contributed by atoms with Gasteiger partial charge < -0.3 is 15.0 Å². The summed E-state index contributed by atoms with van der Waals surface area (Å²) in [5.41, 5.74) is 1.17. The molecule has 0 saturated carbocycles. The third kappa shape index (κ3) is 2.49. The highest BCUT2D eigenvalue weighted by atomic mass is 35.5. The van der Waals surface area contributed by atoms with Crippen LogP contribution in [0.2, 0.25) is 5.02 Å². The van der Waals surface area contributed by atoms with E-state index >= 15 is 0 Å². The molecule has 0 radical (unpaired) electrons. The van der Waals surface area contributed by atoms with Crippen molar-refractivity contribution < 1.29 is 4.74 Å². The van der Waals surface area contributed by atoms with Crippen LogP contribution in [0, 0.1) is 0 Å². The number of piperidine rings is 1. The molecule has 2 heterocycles. The minimum atomic E-state index is 0.616. The summed E-state index contributed by atoms with van der Waals surface area (Å²) < 4.78 is 5.54. The van der Waals surface area contributed by atoms with Gasteiger partial charge in [0.15, 0.2) is 0 Å². The summed E-state index contributed by atoms with van der Waals surface area (Å²) in [7, 11) is 1.74. The zero-order valence-corrected chi connectivity index (χ0v) is 13.0. The van der Waals surface area contributed by atoms with Crippen molar-refractivity contribution in [3.05, 3.63) is 23.2 Å². The molecule has 1 aromatic carbocycles. The molecule has 2 bridgehead atoms. The van der Waals surface area contributed by atoms with Crippen molar-refractivity contribution in [1.82, 2.24) is 5.32 Å². The Balaban J connectivity index is 1.87. The Morgan fingerprint density at radius 3 is 2.60 bits per heavy atom. The number of anilines is 1. The van der Waals surface area contributed by atoms with E-state index in [2.05, 4.69) is 23.2 Å². The van der Waals surface area contributed by atoms with Crippen LogP contribution in [0.15, 0.2) is 18.2 Å². The number of nitrogens with one attached hydrogen (secondary N) is 1. The maximum absolute atomic E-state index is 6.19. The summed E-state index contributed by atoms with van der Waals surface area (Å²) in [4.78, 5) is 2.55. The molecule has 0 aromatic heterocycles. The molecular formula is C16H23ClN2O. The number of hydrogen-bond acceptors (Lipinski definition) is 3. The van der Waals surface area contributed by atoms with Crippen LogP contribution in [0.4, 0.5) is 5.69 Å². The molecule has 1 N–H and O–H groups in total. The SMILES string of the molecule is CCNC1CC2CCC(C1)N2c1cc(Cl)ccc1OC. The van der Waals surface area contributed by atoms with Gasteiger partial charge in [-0.25, -0.2) is 0 Å². The van der Waals surface area contributed by atoms with E-state index in [0.717, 1.165) is 17.3 Å². The van der Waals surface area contributed by atoms with E-state index < -0.39 is 0 Å². The van der Waals surface area contributed by atoms with Gasteiger partial charge in [0.05, 0.1) is 12.8 Å². The van der Waals surface area contributed by atoms with Crippen molar-refractivity contribution in [3.8, 4) is 5.75 Å². The number of hydrogen-bond donors (Lipinski definition) is 1. The Kier molecular flexibility index (Phi) is 4.08. The van der Waals surface area contributed by atoms with Gasteiger partial charge in [-0.15, -0.1) is 0 Å². The summed E-state index contributed by atoms with van der Waals surface area (Å²) in [5, 5.41) is 4.40. The summed E-state index contributed by atoms with van der Waals surface area (Å²) in [6, 6.07) is 7.83. The van der Waals surface area contributed by atoms with Crippen molar-refractivity contribution in [3.63, 3.8) is 0 Å². The van der Waals surface area contributed by atoms with Gasteiger partial charge >= 0.3 is 0 Å². The molecule has 4 heteroatoms. The fourth-order valence-electron chi connectivity index (χ4n) is 3.89. The van der Waals surface area contributed by atoms with Gasteiger partial charge in [-0.05, 0) is 50.4 Å². The minimum absolute atomic E-state index is 0.616. The van der Waals surface area contributed by atoms with E-state index in [0.29, 0.717) is 18.1 Å². The van der Waals surface area contributed by atoms with Crippen LogP contribution in [0.25, 0.3) is 0 Å². The van der Waals surface area contributed by atoms with Crippen molar-refractivity contribution in [2.75, 3.05) is 18.6 Å². The first-order valence-electron chi connectivity index (χ1n) is 7.58. The Hall–Kier alpha value is -0.930. The van der Waals surface area contributed by atoms with Gasteiger partial charge in [-0.1, -0.05) is 18.5 Å². The summed E-state index contributed by atoms with van der Waals surface area (Å²) in [6.45, 7) is 3.25. The lowest BCUT2D eigenvalue weighted by molar-refractivity contribution is 0.355. The number of ether oxygens (including phenoxy) is 1. The predicted molar refractivity (Wildman–Crippen MR) is 84.0 cm³/mol. The largest absolute Gasteiger partial charge is 0.495 e. The van der Waals surface area contributed by atoms with Gasteiger partial charge in [-0.3, -0.25) is 0 Å². The van der Waals surface area contributed by atoms with Crippen molar-refractivity contribution in [2.45, 2.75) is 50.7 Å². The molecule has 2 saturated heterocycles. The highest BCUT2D eigenvalue weighted by Gasteiger charge is 2.41. The van der Waals surface area contributed by atoms with E-state index in [1.165, 1.54) is 31.4 Å². The number of halogens is 1. The van der Waals surface area contributed by atoms with Gasteiger partial charge in [0, 0.05) is 23.1 Å². The second-order valence-electron chi connectivity index (χ2n) is 5.83. The highest BCUT2D eigenvalue weighted by molar-refractivity contribution is 6.30. The lowest BCUT2D eigenvalue weighted by Crippen LogP contribution is -2.49. The molecule has 2 atom stereocenters. The van der Waals surface area contributed by atoms with Crippen LogP contribution in [0.3, 0.4) is 0 Å². The predicted octanol–water partition coefficient (Wildman–Crippen LogP) is 3.46. The van der Waals surface area contributed by atoms with Crippen LogP contribution in [0.1, 0.15) is 32.6 Å². The van der Waals surface area contributed by atoms with Gasteiger partial charge in [-0.2, -0.15) is 0 Å². The first-order chi connectivity index (χ1) is 9.72. The molecule has 0 amide bonds. The van der Waals surface area contributed by atoms with Crippen molar-refractivity contribution in [1.29, 1.82) is 0 Å². The van der Waals surface area contributed by atoms with E-state index in [1.807, 2.05) is 12.1 Å². The Morgan fingerprint density at radius 2 is 2.00 bits per heavy atom. The summed E-state index contributed by atoms with van der Waals surface area (Å²) >= 11 is 6.19. The number of nitrogens with zero attached hydrogens (tertiary/aromatic N) is 1. The average molecular weight is 295 g/mol. The molecule has 2 unspecified atom stereocenters. The zero-order chi connectivity index (χ0) is 14.1. The van der Waals surface area contributed by atoms with Crippen LogP contribution in [-0.2, 0) is 0 Å². The van der Waals surface area contributed by atoms with Crippen molar-refractivity contribution >= 4 is 17.3 Å². The summed E-state index contributed by atoms with van der Waals surface area (Å²) in [5.74, 6) is 0.938. The molecule has 3 nitrogen and oxygen atoms in total. The molecule has 1 aromatic rings. The topological polar surface area (TPSA) is 24.5 Å². The van der Waals surface area contributed by atoms with Gasteiger partial charge in [0.2, 0.25) is 0 Å². The fraction of sp³-hybridized carbons (Fsp3) is 0.625. The second-order valence-corrected chi connectivity index (χ2v) is 6.27. The highest BCUT2D eigenvalue weighted by Crippen LogP contribution is 2.43. The number of benzene rings is 1. The zero-order valence-electron chi connectivity index (χ0n) is 12.2. The molecule has 2 fully saturated rings. The van der Waals surface area contributed by atoms with Crippen molar-refractivity contribution in [2.24, 2.45) is 0 Å². The first kappa shape index (κ1) is 14.0. The maximum atomic E-state index is 6.19. The van der Waals surface area contributed by atoms with E-state index in [1.54, 1.807) is 7.11 Å². The van der Waals surface area contributed by atoms with Crippen LogP contribution >= 0.6 is 11.6 Å². The van der Waals surface area contributed by atoms with Gasteiger partial charge in [0.1, 0.15) is 5.75 Å². The number of rotatable bonds is 4. The quantitative estimate of drug-likeness (QED) is 0.920. The monoisotopic (exact) mass is 294 g/mol. The second kappa shape index (κ2) is 5.82. The van der Waals surface area contributed by atoms with E-state index in [-0.39, 0.29) is 0 Å². The Morgan fingerprint density at radius 1 is 1.30 bits per heavy atom. The molecule has 110 valence electrons. The lowest BCUT2D eigenvalue weighted by atomic mass is 9.96. The van der Waals surface area contributed by atoms with E-state index in [4.69, 9.17) is 16.3 Å². The summed E-state index contributed by atoms with van der Waals surface area (Å²) in [6.07, 6.45) is 5.00. The minimum Gasteiger partial charge on any atom is -0.495 e. The molecule has 2 aliphatic heterocycles. The van der Waals surface area contributed by atoms with Gasteiger partial charge in [0.25, 0.3) is 0 Å². The number of fused-ring (bicyclic) bond motifs is 2. The molecule has 2 aliphatic rings. The van der Waals surface area contributed by atoms with Crippen LogP contribution in [0.5, 0.6) is 5.75 Å².